The lowest BCUT2D eigenvalue weighted by Crippen LogP contribution is -2.49. The van der Waals surface area contributed by atoms with Crippen molar-refractivity contribution in [2.45, 2.75) is 25.8 Å². The Balaban J connectivity index is 1.77. The summed E-state index contributed by atoms with van der Waals surface area (Å²) in [5, 5.41) is 15.9. The van der Waals surface area contributed by atoms with Gasteiger partial charge in [0.1, 0.15) is 0 Å². The first-order valence-electron chi connectivity index (χ1n) is 11.5. The second kappa shape index (κ2) is 10.1. The van der Waals surface area contributed by atoms with E-state index in [1.165, 1.54) is 4.90 Å². The van der Waals surface area contributed by atoms with E-state index in [9.17, 15) is 19.5 Å². The average molecular weight is 519 g/mol. The molecule has 0 saturated heterocycles. The molecule has 1 aliphatic heterocycles. The summed E-state index contributed by atoms with van der Waals surface area (Å²) < 4.78 is 0. The van der Waals surface area contributed by atoms with Crippen LogP contribution in [0.3, 0.4) is 0 Å². The molecule has 0 bridgehead atoms. The summed E-state index contributed by atoms with van der Waals surface area (Å²) in [5.41, 5.74) is 9.68. The summed E-state index contributed by atoms with van der Waals surface area (Å²) in [6, 6.07) is 19.3. The number of carboxylic acids is 1. The SMILES string of the molecule is CN(C(=O)C(C)(C)N)c1ccc(N/C(=C2\C(=O)Nc3cc(Cl)ccc32)c2cccc(CC(=O)O)c2)cc1. The van der Waals surface area contributed by atoms with E-state index in [4.69, 9.17) is 17.3 Å². The number of amides is 2. The number of benzene rings is 3. The molecule has 0 aromatic heterocycles. The number of carbonyl (C=O) groups excluding carboxylic acids is 2. The molecule has 4 rings (SSSR count). The van der Waals surface area contributed by atoms with Crippen LogP contribution in [0.4, 0.5) is 17.1 Å². The smallest absolute Gasteiger partial charge is 0.307 e. The number of anilines is 3. The number of carboxylic acid groups (broad SMARTS) is 1. The highest BCUT2D eigenvalue weighted by Gasteiger charge is 2.29. The number of carbonyl (C=O) groups is 3. The first-order valence-corrected chi connectivity index (χ1v) is 11.9. The lowest BCUT2D eigenvalue weighted by atomic mass is 9.98. The van der Waals surface area contributed by atoms with Crippen LogP contribution in [0.15, 0.2) is 66.7 Å². The molecule has 190 valence electrons. The fourth-order valence-electron chi connectivity index (χ4n) is 4.15. The van der Waals surface area contributed by atoms with Crippen molar-refractivity contribution in [2.75, 3.05) is 22.6 Å². The van der Waals surface area contributed by atoms with Crippen LogP contribution in [0.25, 0.3) is 11.3 Å². The predicted molar refractivity (Wildman–Crippen MR) is 146 cm³/mol. The second-order valence-corrected chi connectivity index (χ2v) is 9.86. The normalized spacial score (nSPS) is 14.0. The molecule has 0 spiro atoms. The van der Waals surface area contributed by atoms with Crippen LogP contribution in [0.5, 0.6) is 0 Å². The number of rotatable bonds is 7. The summed E-state index contributed by atoms with van der Waals surface area (Å²) in [5.74, 6) is -1.49. The average Bonchev–Trinajstić information content (AvgIpc) is 3.15. The Morgan fingerprint density at radius 3 is 2.43 bits per heavy atom. The summed E-state index contributed by atoms with van der Waals surface area (Å²) in [6.45, 7) is 3.30. The van der Waals surface area contributed by atoms with E-state index in [2.05, 4.69) is 10.6 Å². The van der Waals surface area contributed by atoms with Crippen LogP contribution >= 0.6 is 11.6 Å². The van der Waals surface area contributed by atoms with Gasteiger partial charge in [0.15, 0.2) is 0 Å². The summed E-state index contributed by atoms with van der Waals surface area (Å²) in [4.78, 5) is 38.5. The van der Waals surface area contributed by atoms with E-state index in [0.717, 1.165) is 0 Å². The Labute approximate surface area is 219 Å². The largest absolute Gasteiger partial charge is 0.481 e. The van der Waals surface area contributed by atoms with E-state index >= 15 is 0 Å². The third-order valence-electron chi connectivity index (χ3n) is 5.93. The maximum atomic E-state index is 13.1. The van der Waals surface area contributed by atoms with Gasteiger partial charge in [0.2, 0.25) is 5.91 Å². The van der Waals surface area contributed by atoms with Crippen molar-refractivity contribution in [3.8, 4) is 0 Å². The Hall–Kier alpha value is -4.14. The van der Waals surface area contributed by atoms with E-state index in [0.29, 0.717) is 50.0 Å². The number of nitrogens with one attached hydrogen (secondary N) is 2. The Morgan fingerprint density at radius 1 is 1.08 bits per heavy atom. The standard InChI is InChI=1S/C28H27ClN4O4/c1-28(2,30)27(37)33(3)20-10-8-19(9-11-20)31-25(17-6-4-5-16(13-17)14-23(34)35)24-21-12-7-18(29)15-22(21)32-26(24)36/h4-13,15,31H,14,30H2,1-3H3,(H,32,36)(H,34,35)/b25-24-. The van der Waals surface area contributed by atoms with Gasteiger partial charge in [-0.15, -0.1) is 0 Å². The zero-order chi connectivity index (χ0) is 26.9. The van der Waals surface area contributed by atoms with Gasteiger partial charge < -0.3 is 26.4 Å². The van der Waals surface area contributed by atoms with Crippen molar-refractivity contribution in [2.24, 2.45) is 5.73 Å². The molecule has 5 N–H and O–H groups in total. The number of nitrogens with zero attached hydrogens (tertiary/aromatic N) is 1. The highest BCUT2D eigenvalue weighted by atomic mass is 35.5. The van der Waals surface area contributed by atoms with E-state index < -0.39 is 11.5 Å². The molecule has 0 atom stereocenters. The van der Waals surface area contributed by atoms with E-state index in [-0.39, 0.29) is 18.2 Å². The van der Waals surface area contributed by atoms with Crippen LogP contribution in [-0.4, -0.2) is 35.5 Å². The monoisotopic (exact) mass is 518 g/mol. The lowest BCUT2D eigenvalue weighted by Gasteiger charge is -2.26. The van der Waals surface area contributed by atoms with Crippen molar-refractivity contribution in [3.63, 3.8) is 0 Å². The van der Waals surface area contributed by atoms with Crippen LogP contribution in [0, 0.1) is 0 Å². The minimum atomic E-state index is -1.02. The van der Waals surface area contributed by atoms with Crippen LogP contribution in [0.2, 0.25) is 5.02 Å². The third-order valence-corrected chi connectivity index (χ3v) is 6.16. The fraction of sp³-hybridized carbons (Fsp3) is 0.179. The van der Waals surface area contributed by atoms with Gasteiger partial charge in [-0.1, -0.05) is 35.9 Å². The molecular weight excluding hydrogens is 492 g/mol. The molecule has 0 unspecified atom stereocenters. The van der Waals surface area contributed by atoms with Gasteiger partial charge in [-0.25, -0.2) is 0 Å². The Bertz CT molecular complexity index is 1420. The summed E-state index contributed by atoms with van der Waals surface area (Å²) in [7, 11) is 1.66. The van der Waals surface area contributed by atoms with Crippen molar-refractivity contribution in [1.29, 1.82) is 0 Å². The predicted octanol–water partition coefficient (Wildman–Crippen LogP) is 4.60. The first-order chi connectivity index (χ1) is 17.4. The highest BCUT2D eigenvalue weighted by Crippen LogP contribution is 2.39. The molecule has 2 amide bonds. The zero-order valence-corrected chi connectivity index (χ0v) is 21.4. The van der Waals surface area contributed by atoms with Crippen LogP contribution in [0.1, 0.15) is 30.5 Å². The van der Waals surface area contributed by atoms with Gasteiger partial charge in [-0.2, -0.15) is 0 Å². The molecule has 0 radical (unpaired) electrons. The molecule has 0 saturated carbocycles. The van der Waals surface area contributed by atoms with Crippen molar-refractivity contribution in [1.82, 2.24) is 0 Å². The molecule has 9 heteroatoms. The maximum absolute atomic E-state index is 13.1. The van der Waals surface area contributed by atoms with Gasteiger partial charge in [0, 0.05) is 29.0 Å². The third kappa shape index (κ3) is 5.66. The number of nitrogens with two attached hydrogens (primary N) is 1. The molecule has 3 aromatic carbocycles. The van der Waals surface area contributed by atoms with E-state index in [1.807, 2.05) is 6.07 Å². The molecule has 1 aliphatic rings. The van der Waals surface area contributed by atoms with Gasteiger partial charge in [0.25, 0.3) is 5.91 Å². The van der Waals surface area contributed by atoms with Gasteiger partial charge in [0.05, 0.1) is 28.9 Å². The highest BCUT2D eigenvalue weighted by molar-refractivity contribution is 6.38. The minimum absolute atomic E-state index is 0.151. The number of likely N-dealkylation sites (N-methyl/N-ethyl adjacent to an activating group) is 1. The van der Waals surface area contributed by atoms with Gasteiger partial charge in [-0.05, 0) is 67.4 Å². The Morgan fingerprint density at radius 2 is 1.78 bits per heavy atom. The topological polar surface area (TPSA) is 125 Å². The second-order valence-electron chi connectivity index (χ2n) is 9.42. The maximum Gasteiger partial charge on any atom is 0.307 e. The number of aliphatic carboxylic acids is 1. The van der Waals surface area contributed by atoms with Crippen molar-refractivity contribution >= 4 is 57.7 Å². The van der Waals surface area contributed by atoms with E-state index in [1.54, 1.807) is 81.6 Å². The molecule has 8 nitrogen and oxygen atoms in total. The number of halogens is 1. The molecule has 0 aliphatic carbocycles. The minimum Gasteiger partial charge on any atom is -0.481 e. The first kappa shape index (κ1) is 25.9. The number of fused-ring (bicyclic) bond motifs is 1. The van der Waals surface area contributed by atoms with Crippen molar-refractivity contribution in [3.05, 3.63) is 88.4 Å². The quantitative estimate of drug-likeness (QED) is 0.339. The molecular formula is C28H27ClN4O4. The number of hydrogen-bond donors (Lipinski definition) is 4. The molecule has 0 fully saturated rings. The summed E-state index contributed by atoms with van der Waals surface area (Å²) in [6.07, 6.45) is -0.151. The number of hydrogen-bond acceptors (Lipinski definition) is 5. The molecule has 1 heterocycles. The molecule has 37 heavy (non-hydrogen) atoms. The zero-order valence-electron chi connectivity index (χ0n) is 20.6. The van der Waals surface area contributed by atoms with Gasteiger partial charge in [-0.3, -0.25) is 14.4 Å². The lowest BCUT2D eigenvalue weighted by molar-refractivity contribution is -0.136. The van der Waals surface area contributed by atoms with Crippen LogP contribution in [-0.2, 0) is 20.8 Å². The fourth-order valence-corrected chi connectivity index (χ4v) is 4.32. The molecule has 3 aromatic rings. The Kier molecular flexibility index (Phi) is 7.07. The summed E-state index contributed by atoms with van der Waals surface area (Å²) >= 11 is 6.13. The van der Waals surface area contributed by atoms with Crippen LogP contribution < -0.4 is 21.3 Å². The van der Waals surface area contributed by atoms with Gasteiger partial charge >= 0.3 is 5.97 Å². The van der Waals surface area contributed by atoms with Crippen molar-refractivity contribution < 1.29 is 19.5 Å².